The highest BCUT2D eigenvalue weighted by atomic mass is 19.1. The zero-order valence-electron chi connectivity index (χ0n) is 25.9. The van der Waals surface area contributed by atoms with Crippen molar-refractivity contribution in [3.8, 4) is 22.5 Å². The van der Waals surface area contributed by atoms with Crippen LogP contribution in [-0.2, 0) is 12.8 Å². The van der Waals surface area contributed by atoms with E-state index in [-0.39, 0.29) is 35.6 Å². The van der Waals surface area contributed by atoms with E-state index in [2.05, 4.69) is 29.1 Å². The Balaban J connectivity index is 0.000000131. The predicted octanol–water partition coefficient (Wildman–Crippen LogP) is 6.57. The number of imidazole rings is 2. The lowest BCUT2D eigenvalue weighted by molar-refractivity contribution is 0.0708. The van der Waals surface area contributed by atoms with Gasteiger partial charge in [-0.25, -0.2) is 18.7 Å². The number of pyridine rings is 2. The van der Waals surface area contributed by atoms with Crippen LogP contribution in [0.15, 0.2) is 98.1 Å². The predicted molar refractivity (Wildman–Crippen MR) is 174 cm³/mol. The van der Waals surface area contributed by atoms with Crippen molar-refractivity contribution in [2.75, 3.05) is 0 Å². The van der Waals surface area contributed by atoms with Crippen LogP contribution in [0.3, 0.4) is 0 Å². The quantitative estimate of drug-likeness (QED) is 0.222. The van der Waals surface area contributed by atoms with Crippen LogP contribution in [0.2, 0.25) is 0 Å². The van der Waals surface area contributed by atoms with Gasteiger partial charge < -0.3 is 19.3 Å². The van der Waals surface area contributed by atoms with Gasteiger partial charge in [-0.1, -0.05) is 24.3 Å². The number of hydrogen-bond acceptors (Lipinski definition) is 6. The average molecular weight is 643 g/mol. The minimum atomic E-state index is -0.585. The fourth-order valence-corrected chi connectivity index (χ4v) is 8.56. The van der Waals surface area contributed by atoms with Gasteiger partial charge in [0.2, 0.25) is 0 Å². The number of nitrogens with zero attached hydrogens (tertiary/aromatic N) is 6. The van der Waals surface area contributed by atoms with Gasteiger partial charge in [-0.3, -0.25) is 9.97 Å². The van der Waals surface area contributed by atoms with Crippen molar-refractivity contribution in [1.29, 1.82) is 0 Å². The summed E-state index contributed by atoms with van der Waals surface area (Å²) >= 11 is 0. The van der Waals surface area contributed by atoms with Crippen LogP contribution in [0, 0.1) is 23.5 Å². The number of hydrogen-bond donors (Lipinski definition) is 2. The molecule has 6 aromatic rings. The normalized spacial score (nSPS) is 24.3. The molecule has 6 atom stereocenters. The van der Waals surface area contributed by atoms with Gasteiger partial charge in [-0.05, 0) is 73.2 Å². The van der Waals surface area contributed by atoms with E-state index in [1.54, 1.807) is 49.6 Å². The van der Waals surface area contributed by atoms with Gasteiger partial charge in [0.25, 0.3) is 0 Å². The molecule has 4 aromatic heterocycles. The van der Waals surface area contributed by atoms with Crippen LogP contribution in [0.5, 0.6) is 0 Å². The van der Waals surface area contributed by atoms with Crippen LogP contribution < -0.4 is 0 Å². The van der Waals surface area contributed by atoms with Crippen LogP contribution in [0.1, 0.15) is 70.8 Å². The van der Waals surface area contributed by atoms with Crippen molar-refractivity contribution in [2.24, 2.45) is 11.8 Å². The Morgan fingerprint density at radius 3 is 1.52 bits per heavy atom. The van der Waals surface area contributed by atoms with Crippen LogP contribution >= 0.6 is 0 Å². The molecule has 0 bridgehead atoms. The molecule has 0 amide bonds. The monoisotopic (exact) mass is 642 g/mol. The fraction of sp³-hybridized carbons (Fsp3) is 0.263. The first kappa shape index (κ1) is 29.1. The van der Waals surface area contributed by atoms with Gasteiger partial charge in [-0.15, -0.1) is 0 Å². The molecule has 4 aliphatic rings. The molecule has 6 heterocycles. The molecule has 0 saturated heterocycles. The second-order valence-corrected chi connectivity index (χ2v) is 13.1. The van der Waals surface area contributed by atoms with E-state index in [1.165, 1.54) is 12.1 Å². The highest BCUT2D eigenvalue weighted by Gasteiger charge is 2.42. The lowest BCUT2D eigenvalue weighted by Crippen LogP contribution is -2.29. The van der Waals surface area contributed by atoms with Crippen LogP contribution in [0.25, 0.3) is 22.5 Å². The third-order valence-corrected chi connectivity index (χ3v) is 10.7. The molecule has 10 rings (SSSR count). The summed E-state index contributed by atoms with van der Waals surface area (Å²) in [5.41, 5.74) is 9.47. The van der Waals surface area contributed by atoms with Crippen molar-refractivity contribution in [2.45, 2.75) is 50.0 Å². The SMILES string of the molecule is O[C@@H]1c2cccnc2CC[C@H]1[C@H]1c2ccc(F)cc2-c2cncn21.O[C@H]1c2cccnc2CC[C@@H]1[C@@H]1c2ccc(F)cc2-c2cncn21. The summed E-state index contributed by atoms with van der Waals surface area (Å²) in [7, 11) is 0. The Labute approximate surface area is 275 Å². The van der Waals surface area contributed by atoms with Gasteiger partial charge >= 0.3 is 0 Å². The Kier molecular flexibility index (Phi) is 6.84. The van der Waals surface area contributed by atoms with Crippen molar-refractivity contribution in [3.05, 3.63) is 143 Å². The highest BCUT2D eigenvalue weighted by molar-refractivity contribution is 5.70. The molecule has 10 heteroatoms. The van der Waals surface area contributed by atoms with Gasteiger partial charge in [0.15, 0.2) is 0 Å². The topological polar surface area (TPSA) is 102 Å². The largest absolute Gasteiger partial charge is 0.388 e. The Hall–Kier alpha value is -5.06. The minimum absolute atomic E-state index is 0.0151. The first-order valence-electron chi connectivity index (χ1n) is 16.3. The van der Waals surface area contributed by atoms with E-state index >= 15 is 0 Å². The average Bonchev–Trinajstić information content (AvgIpc) is 3.89. The standard InChI is InChI=1S/2C19H16FN3O/c2*20-11-3-4-12-15(8-11)17-9-21-10-23(17)18(12)14-5-6-16-13(19(14)24)2-1-7-22-16/h2*1-4,7-10,14,18-19,24H,5-6H2/t2*14-,18+,19+/m10/s1. The maximum atomic E-state index is 13.7. The summed E-state index contributed by atoms with van der Waals surface area (Å²) in [5.74, 6) is -0.468. The number of aryl methyl sites for hydroxylation is 2. The molecule has 240 valence electrons. The number of aliphatic hydroxyl groups is 2. The van der Waals surface area contributed by atoms with E-state index in [0.717, 1.165) is 81.8 Å². The second-order valence-electron chi connectivity index (χ2n) is 13.1. The molecular weight excluding hydrogens is 610 g/mol. The van der Waals surface area contributed by atoms with Crippen molar-refractivity contribution >= 4 is 0 Å². The van der Waals surface area contributed by atoms with Gasteiger partial charge in [0.05, 0.1) is 60.7 Å². The van der Waals surface area contributed by atoms with Crippen molar-refractivity contribution in [1.82, 2.24) is 29.1 Å². The van der Waals surface area contributed by atoms with Crippen molar-refractivity contribution < 1.29 is 19.0 Å². The molecule has 0 saturated carbocycles. The van der Waals surface area contributed by atoms with E-state index in [0.29, 0.717) is 0 Å². The maximum absolute atomic E-state index is 13.7. The molecule has 2 N–H and O–H groups in total. The number of aliphatic hydroxyl groups excluding tert-OH is 2. The summed E-state index contributed by atoms with van der Waals surface area (Å²) in [6.45, 7) is 0. The van der Waals surface area contributed by atoms with E-state index in [9.17, 15) is 19.0 Å². The minimum Gasteiger partial charge on any atom is -0.388 e. The molecule has 2 aliphatic heterocycles. The zero-order valence-corrected chi connectivity index (χ0v) is 25.9. The fourth-order valence-electron chi connectivity index (χ4n) is 8.56. The van der Waals surface area contributed by atoms with Gasteiger partial charge in [-0.2, -0.15) is 0 Å². The Morgan fingerprint density at radius 1 is 0.604 bits per heavy atom. The molecule has 8 nitrogen and oxygen atoms in total. The molecule has 0 fully saturated rings. The number of benzene rings is 2. The number of rotatable bonds is 2. The number of fused-ring (bicyclic) bond motifs is 8. The lowest BCUT2D eigenvalue weighted by atomic mass is 9.77. The number of halogens is 2. The summed E-state index contributed by atoms with van der Waals surface area (Å²) in [5, 5.41) is 22.0. The summed E-state index contributed by atoms with van der Waals surface area (Å²) in [6, 6.07) is 17.4. The highest BCUT2D eigenvalue weighted by Crippen LogP contribution is 2.51. The zero-order chi connectivity index (χ0) is 32.5. The van der Waals surface area contributed by atoms with Crippen LogP contribution in [-0.4, -0.2) is 39.3 Å². The van der Waals surface area contributed by atoms with E-state index in [4.69, 9.17) is 0 Å². The lowest BCUT2D eigenvalue weighted by Gasteiger charge is -2.34. The first-order chi connectivity index (χ1) is 23.5. The van der Waals surface area contributed by atoms with Crippen molar-refractivity contribution in [3.63, 3.8) is 0 Å². The smallest absolute Gasteiger partial charge is 0.123 e. The molecule has 0 radical (unpaired) electrons. The molecule has 2 aliphatic carbocycles. The molecule has 2 aromatic carbocycles. The molecular formula is C38H32F2N6O2. The van der Waals surface area contributed by atoms with Gasteiger partial charge in [0.1, 0.15) is 11.6 Å². The summed E-state index contributed by atoms with van der Waals surface area (Å²) in [6.07, 6.45) is 12.8. The third-order valence-electron chi connectivity index (χ3n) is 10.7. The Morgan fingerprint density at radius 2 is 1.06 bits per heavy atom. The molecule has 0 unspecified atom stereocenters. The van der Waals surface area contributed by atoms with Gasteiger partial charge in [0, 0.05) is 57.9 Å². The molecule has 0 spiro atoms. The molecule has 48 heavy (non-hydrogen) atoms. The van der Waals surface area contributed by atoms with E-state index < -0.39 is 12.2 Å². The van der Waals surface area contributed by atoms with Crippen LogP contribution in [0.4, 0.5) is 8.78 Å². The summed E-state index contributed by atoms with van der Waals surface area (Å²) < 4.78 is 31.6. The van der Waals surface area contributed by atoms with E-state index in [1.807, 2.05) is 36.4 Å². The number of aromatic nitrogens is 6. The maximum Gasteiger partial charge on any atom is 0.123 e. The second kappa shape index (κ2) is 11.3. The third kappa shape index (κ3) is 4.47. The first-order valence-corrected chi connectivity index (χ1v) is 16.3. The summed E-state index contributed by atoms with van der Waals surface area (Å²) in [4.78, 5) is 17.3. The Bertz CT molecular complexity index is 2020.